The summed E-state index contributed by atoms with van der Waals surface area (Å²) in [5.41, 5.74) is -1.21. The molecule has 0 aliphatic carbocycles. The van der Waals surface area contributed by atoms with Gasteiger partial charge in [-0.1, -0.05) is 5.16 Å². The molecule has 0 N–H and O–H groups in total. The Labute approximate surface area is 148 Å². The van der Waals surface area contributed by atoms with Gasteiger partial charge in [0, 0.05) is 36.9 Å². The number of alkyl halides is 1. The van der Waals surface area contributed by atoms with Gasteiger partial charge in [0.2, 0.25) is 17.4 Å². The van der Waals surface area contributed by atoms with Crippen LogP contribution in [0.1, 0.15) is 18.7 Å². The van der Waals surface area contributed by atoms with Gasteiger partial charge in [-0.15, -0.1) is 0 Å². The van der Waals surface area contributed by atoms with Crippen LogP contribution < -0.4 is 0 Å². The number of aromatic nitrogens is 5. The number of hydrogen-bond acceptors (Lipinski definition) is 6. The molecule has 1 aliphatic heterocycles. The maximum Gasteiger partial charge on any atom is 0.266 e. The normalized spacial score (nSPS) is 20.3. The van der Waals surface area contributed by atoms with E-state index in [1.54, 1.807) is 43.0 Å². The summed E-state index contributed by atoms with van der Waals surface area (Å²) in [5.74, 6) is -0.0134. The Morgan fingerprint density at radius 1 is 1.35 bits per heavy atom. The number of carbonyl (C=O) groups is 1. The van der Waals surface area contributed by atoms with E-state index in [1.165, 1.54) is 9.58 Å². The summed E-state index contributed by atoms with van der Waals surface area (Å²) in [6.07, 6.45) is 7.26. The highest BCUT2D eigenvalue weighted by Crippen LogP contribution is 2.35. The molecular formula is C17H17FN6O2. The van der Waals surface area contributed by atoms with Gasteiger partial charge in [0.1, 0.15) is 6.54 Å². The van der Waals surface area contributed by atoms with E-state index < -0.39 is 5.67 Å². The first kappa shape index (κ1) is 16.4. The molecule has 1 aliphatic rings. The van der Waals surface area contributed by atoms with Crippen LogP contribution in [-0.4, -0.2) is 48.8 Å². The lowest BCUT2D eigenvalue weighted by Crippen LogP contribution is -2.47. The summed E-state index contributed by atoms with van der Waals surface area (Å²) in [6, 6.07) is 5.25. The SMILES string of the molecule is O=C(Cn1cccn1)N1CCCC(F)(c2nc(-c3cccnc3)no2)C1. The predicted molar refractivity (Wildman–Crippen MR) is 88.4 cm³/mol. The lowest BCUT2D eigenvalue weighted by molar-refractivity contribution is -0.137. The average molecular weight is 356 g/mol. The average Bonchev–Trinajstić information content (AvgIpc) is 3.35. The monoisotopic (exact) mass is 356 g/mol. The van der Waals surface area contributed by atoms with E-state index in [0.717, 1.165) is 0 Å². The first-order chi connectivity index (χ1) is 12.6. The van der Waals surface area contributed by atoms with E-state index >= 15 is 4.39 Å². The van der Waals surface area contributed by atoms with Crippen molar-refractivity contribution in [1.82, 2.24) is 29.8 Å². The lowest BCUT2D eigenvalue weighted by atomic mass is 9.94. The first-order valence-corrected chi connectivity index (χ1v) is 8.33. The van der Waals surface area contributed by atoms with Gasteiger partial charge in [0.15, 0.2) is 0 Å². The van der Waals surface area contributed by atoms with Gasteiger partial charge in [-0.25, -0.2) is 4.39 Å². The van der Waals surface area contributed by atoms with Gasteiger partial charge in [0.05, 0.1) is 6.54 Å². The van der Waals surface area contributed by atoms with Gasteiger partial charge < -0.3 is 9.42 Å². The minimum atomic E-state index is -1.86. The molecule has 3 aromatic rings. The fourth-order valence-corrected chi connectivity index (χ4v) is 3.05. The molecule has 0 spiro atoms. The van der Waals surface area contributed by atoms with E-state index in [0.29, 0.717) is 18.5 Å². The smallest absolute Gasteiger partial charge is 0.266 e. The third kappa shape index (κ3) is 3.19. The summed E-state index contributed by atoms with van der Waals surface area (Å²) in [6.45, 7) is 0.463. The Morgan fingerprint density at radius 2 is 2.27 bits per heavy atom. The van der Waals surface area contributed by atoms with Crippen molar-refractivity contribution in [3.8, 4) is 11.4 Å². The maximum atomic E-state index is 15.5. The fourth-order valence-electron chi connectivity index (χ4n) is 3.05. The van der Waals surface area contributed by atoms with Gasteiger partial charge >= 0.3 is 0 Å². The van der Waals surface area contributed by atoms with Crippen molar-refractivity contribution in [1.29, 1.82) is 0 Å². The second-order valence-corrected chi connectivity index (χ2v) is 6.25. The summed E-state index contributed by atoms with van der Waals surface area (Å²) in [4.78, 5) is 22.1. The number of rotatable bonds is 4. The largest absolute Gasteiger partial charge is 0.337 e. The van der Waals surface area contributed by atoms with Crippen LogP contribution in [0.15, 0.2) is 47.5 Å². The number of halogens is 1. The van der Waals surface area contributed by atoms with Crippen LogP contribution in [-0.2, 0) is 17.0 Å². The van der Waals surface area contributed by atoms with Crippen LogP contribution in [0.4, 0.5) is 4.39 Å². The molecule has 1 saturated heterocycles. The Bertz CT molecular complexity index is 882. The lowest BCUT2D eigenvalue weighted by Gasteiger charge is -2.35. The molecular weight excluding hydrogens is 339 g/mol. The van der Waals surface area contributed by atoms with Crippen LogP contribution in [0.3, 0.4) is 0 Å². The molecule has 8 nitrogen and oxygen atoms in total. The zero-order valence-corrected chi connectivity index (χ0v) is 14.0. The molecule has 1 fully saturated rings. The molecule has 4 heterocycles. The van der Waals surface area contributed by atoms with Gasteiger partial charge in [-0.05, 0) is 31.0 Å². The van der Waals surface area contributed by atoms with Crippen molar-refractivity contribution >= 4 is 5.91 Å². The molecule has 0 bridgehead atoms. The van der Waals surface area contributed by atoms with Gasteiger partial charge in [0.25, 0.3) is 5.89 Å². The maximum absolute atomic E-state index is 15.5. The third-order valence-electron chi connectivity index (χ3n) is 4.38. The summed E-state index contributed by atoms with van der Waals surface area (Å²) < 4.78 is 22.2. The standard InChI is InChI=1S/C17H17FN6O2/c18-17(16-21-15(22-26-16)13-4-1-6-19-10-13)5-2-8-23(12-17)14(25)11-24-9-3-7-20-24/h1,3-4,6-7,9-10H,2,5,8,11-12H2. The highest BCUT2D eigenvalue weighted by molar-refractivity contribution is 5.76. The number of hydrogen-bond donors (Lipinski definition) is 0. The molecule has 0 radical (unpaired) electrons. The molecule has 0 saturated carbocycles. The third-order valence-corrected chi connectivity index (χ3v) is 4.38. The molecule has 4 rings (SSSR count). The number of likely N-dealkylation sites (tertiary alicyclic amines) is 1. The minimum absolute atomic E-state index is 0.0772. The zero-order valence-electron chi connectivity index (χ0n) is 14.0. The second-order valence-electron chi connectivity index (χ2n) is 6.25. The van der Waals surface area contributed by atoms with E-state index in [9.17, 15) is 4.79 Å². The Morgan fingerprint density at radius 3 is 3.04 bits per heavy atom. The van der Waals surface area contributed by atoms with Crippen molar-refractivity contribution in [3.63, 3.8) is 0 Å². The van der Waals surface area contributed by atoms with Crippen LogP contribution in [0, 0.1) is 0 Å². The highest BCUT2D eigenvalue weighted by atomic mass is 19.1. The van der Waals surface area contributed by atoms with E-state index in [2.05, 4.69) is 20.2 Å². The fraction of sp³-hybridized carbons (Fsp3) is 0.353. The van der Waals surface area contributed by atoms with Crippen molar-refractivity contribution in [2.24, 2.45) is 0 Å². The van der Waals surface area contributed by atoms with Crippen LogP contribution in [0.25, 0.3) is 11.4 Å². The van der Waals surface area contributed by atoms with E-state index in [4.69, 9.17) is 4.52 Å². The minimum Gasteiger partial charge on any atom is -0.337 e. The summed E-state index contributed by atoms with van der Waals surface area (Å²) >= 11 is 0. The first-order valence-electron chi connectivity index (χ1n) is 8.33. The Hall–Kier alpha value is -3.10. The van der Waals surface area contributed by atoms with Crippen LogP contribution >= 0.6 is 0 Å². The quantitative estimate of drug-likeness (QED) is 0.708. The van der Waals surface area contributed by atoms with Crippen molar-refractivity contribution in [2.45, 2.75) is 25.1 Å². The summed E-state index contributed by atoms with van der Waals surface area (Å²) in [7, 11) is 0. The molecule has 1 atom stereocenters. The van der Waals surface area contributed by atoms with Gasteiger partial charge in [-0.2, -0.15) is 10.1 Å². The highest BCUT2D eigenvalue weighted by Gasteiger charge is 2.43. The van der Waals surface area contributed by atoms with Crippen LogP contribution in [0.2, 0.25) is 0 Å². The molecule has 134 valence electrons. The zero-order chi connectivity index (χ0) is 18.0. The Kier molecular flexibility index (Phi) is 4.19. The molecule has 9 heteroatoms. The molecule has 26 heavy (non-hydrogen) atoms. The molecule has 0 aromatic carbocycles. The van der Waals surface area contributed by atoms with Crippen molar-refractivity contribution in [3.05, 3.63) is 48.9 Å². The number of nitrogens with zero attached hydrogens (tertiary/aromatic N) is 6. The van der Waals surface area contributed by atoms with Gasteiger partial charge in [-0.3, -0.25) is 14.5 Å². The van der Waals surface area contributed by atoms with Crippen molar-refractivity contribution in [2.75, 3.05) is 13.1 Å². The summed E-state index contributed by atoms with van der Waals surface area (Å²) in [5, 5.41) is 7.86. The topological polar surface area (TPSA) is 89.9 Å². The number of piperidine rings is 1. The van der Waals surface area contributed by atoms with E-state index in [1.807, 2.05) is 0 Å². The molecule has 3 aromatic heterocycles. The number of pyridine rings is 1. The predicted octanol–water partition coefficient (Wildman–Crippen LogP) is 1.82. The Balaban J connectivity index is 1.51. The van der Waals surface area contributed by atoms with Crippen LogP contribution in [0.5, 0.6) is 0 Å². The second kappa shape index (κ2) is 6.66. The van der Waals surface area contributed by atoms with E-state index in [-0.39, 0.29) is 37.1 Å². The number of amides is 1. The molecule has 1 amide bonds. The number of carbonyl (C=O) groups excluding carboxylic acids is 1. The van der Waals surface area contributed by atoms with Crippen molar-refractivity contribution < 1.29 is 13.7 Å². The molecule has 1 unspecified atom stereocenters.